The Kier molecular flexibility index (Phi) is 5.05. The highest BCUT2D eigenvalue weighted by Crippen LogP contribution is 2.28. The first-order chi connectivity index (χ1) is 15.2. The maximum absolute atomic E-state index is 5.84. The van der Waals surface area contributed by atoms with E-state index in [1.165, 1.54) is 0 Å². The molecule has 8 nitrogen and oxygen atoms in total. The van der Waals surface area contributed by atoms with Gasteiger partial charge in [0.25, 0.3) is 0 Å². The molecule has 1 aliphatic rings. The fraction of sp³-hybridized carbons (Fsp3) is 0.217. The minimum Gasteiger partial charge on any atom is -0.384 e. The average Bonchev–Trinajstić information content (AvgIpc) is 2.79. The molecule has 8 heteroatoms. The van der Waals surface area contributed by atoms with Crippen molar-refractivity contribution in [2.24, 2.45) is 0 Å². The lowest BCUT2D eigenvalue weighted by atomic mass is 10.1. The Hall–Kier alpha value is -3.78. The van der Waals surface area contributed by atoms with Crippen molar-refractivity contribution >= 4 is 34.2 Å². The average molecular weight is 413 g/mol. The van der Waals surface area contributed by atoms with Gasteiger partial charge in [0.15, 0.2) is 0 Å². The number of anilines is 4. The van der Waals surface area contributed by atoms with Crippen molar-refractivity contribution in [1.82, 2.24) is 19.9 Å². The zero-order valence-electron chi connectivity index (χ0n) is 17.2. The van der Waals surface area contributed by atoms with Crippen LogP contribution in [0.3, 0.4) is 0 Å². The van der Waals surface area contributed by atoms with Gasteiger partial charge in [-0.2, -0.15) is 4.98 Å². The number of nitrogens with two attached hydrogens (primary N) is 1. The molecule has 156 valence electrons. The number of fused-ring (bicyclic) bond motifs is 1. The minimum absolute atomic E-state index is 0.490. The fourth-order valence-electron chi connectivity index (χ4n) is 3.67. The van der Waals surface area contributed by atoms with Gasteiger partial charge in [-0.05, 0) is 30.7 Å². The van der Waals surface area contributed by atoms with Gasteiger partial charge < -0.3 is 20.7 Å². The Balaban J connectivity index is 1.56. The molecule has 0 radical (unpaired) electrons. The molecule has 0 atom stereocenters. The monoisotopic (exact) mass is 413 g/mol. The van der Waals surface area contributed by atoms with E-state index < -0.39 is 0 Å². The van der Waals surface area contributed by atoms with Gasteiger partial charge in [0.05, 0.1) is 36.3 Å². The lowest BCUT2D eigenvalue weighted by Gasteiger charge is -2.27. The second kappa shape index (κ2) is 8.16. The summed E-state index contributed by atoms with van der Waals surface area (Å²) >= 11 is 0. The Labute approximate surface area is 180 Å². The van der Waals surface area contributed by atoms with Crippen LogP contribution in [0, 0.1) is 6.92 Å². The lowest BCUT2D eigenvalue weighted by Crippen LogP contribution is -2.37. The molecule has 3 N–H and O–H groups in total. The van der Waals surface area contributed by atoms with Gasteiger partial charge in [0.2, 0.25) is 5.95 Å². The van der Waals surface area contributed by atoms with E-state index in [0.29, 0.717) is 30.8 Å². The Morgan fingerprint density at radius 3 is 2.68 bits per heavy atom. The van der Waals surface area contributed by atoms with Crippen LogP contribution in [0.5, 0.6) is 0 Å². The molecule has 3 aromatic heterocycles. The van der Waals surface area contributed by atoms with E-state index in [9.17, 15) is 0 Å². The van der Waals surface area contributed by atoms with Gasteiger partial charge in [-0.1, -0.05) is 18.2 Å². The van der Waals surface area contributed by atoms with Crippen LogP contribution in [0.15, 0.2) is 54.9 Å². The maximum atomic E-state index is 5.84. The first kappa shape index (κ1) is 19.2. The van der Waals surface area contributed by atoms with Crippen LogP contribution in [0.4, 0.5) is 23.3 Å². The number of pyridine rings is 2. The number of aryl methyl sites for hydroxylation is 1. The third-order valence-electron chi connectivity index (χ3n) is 5.28. The van der Waals surface area contributed by atoms with Gasteiger partial charge >= 0.3 is 0 Å². The molecule has 0 spiro atoms. The molecule has 31 heavy (non-hydrogen) atoms. The third-order valence-corrected chi connectivity index (χ3v) is 5.28. The summed E-state index contributed by atoms with van der Waals surface area (Å²) in [7, 11) is 0. The summed E-state index contributed by atoms with van der Waals surface area (Å²) in [6.45, 7) is 4.82. The highest BCUT2D eigenvalue weighted by molar-refractivity contribution is 5.82. The lowest BCUT2D eigenvalue weighted by molar-refractivity contribution is 0.122. The van der Waals surface area contributed by atoms with E-state index in [4.69, 9.17) is 20.4 Å². The highest BCUT2D eigenvalue weighted by atomic mass is 16.5. The Bertz CT molecular complexity index is 1240. The summed E-state index contributed by atoms with van der Waals surface area (Å²) < 4.78 is 5.49. The molecule has 1 aliphatic heterocycles. The molecule has 0 saturated carbocycles. The van der Waals surface area contributed by atoms with Crippen molar-refractivity contribution < 1.29 is 4.74 Å². The summed E-state index contributed by atoms with van der Waals surface area (Å²) in [4.78, 5) is 20.5. The molecule has 1 aromatic carbocycles. The first-order valence-corrected chi connectivity index (χ1v) is 10.2. The van der Waals surface area contributed by atoms with E-state index in [-0.39, 0.29) is 0 Å². The van der Waals surface area contributed by atoms with Gasteiger partial charge in [-0.25, -0.2) is 9.97 Å². The zero-order valence-corrected chi connectivity index (χ0v) is 17.2. The van der Waals surface area contributed by atoms with E-state index >= 15 is 0 Å². The van der Waals surface area contributed by atoms with Crippen LogP contribution < -0.4 is 16.0 Å². The number of benzene rings is 1. The van der Waals surface area contributed by atoms with E-state index in [0.717, 1.165) is 46.5 Å². The molecule has 0 amide bonds. The number of rotatable bonds is 4. The summed E-state index contributed by atoms with van der Waals surface area (Å²) in [5, 5.41) is 4.46. The van der Waals surface area contributed by atoms with Crippen LogP contribution in [0.2, 0.25) is 0 Å². The SMILES string of the molecule is Cc1cc(N)ncc1-c1cc(Nc2cnc3ccccc3c2)nc(N2CCOCC2)n1. The van der Waals surface area contributed by atoms with Crippen molar-refractivity contribution in [2.45, 2.75) is 6.92 Å². The molecular weight excluding hydrogens is 390 g/mol. The first-order valence-electron chi connectivity index (χ1n) is 10.2. The molecule has 5 rings (SSSR count). The van der Waals surface area contributed by atoms with E-state index in [1.54, 1.807) is 6.20 Å². The van der Waals surface area contributed by atoms with Gasteiger partial charge in [-0.3, -0.25) is 4.98 Å². The topological polar surface area (TPSA) is 102 Å². The largest absolute Gasteiger partial charge is 0.384 e. The molecule has 4 aromatic rings. The number of nitrogen functional groups attached to an aromatic ring is 1. The molecule has 0 bridgehead atoms. The van der Waals surface area contributed by atoms with Crippen LogP contribution >= 0.6 is 0 Å². The quantitative estimate of drug-likeness (QED) is 0.524. The summed E-state index contributed by atoms with van der Waals surface area (Å²) in [6.07, 6.45) is 3.58. The Morgan fingerprint density at radius 1 is 1.00 bits per heavy atom. The van der Waals surface area contributed by atoms with Crippen LogP contribution in [0.1, 0.15) is 5.56 Å². The number of ether oxygens (including phenoxy) is 1. The minimum atomic E-state index is 0.490. The fourth-order valence-corrected chi connectivity index (χ4v) is 3.67. The maximum Gasteiger partial charge on any atom is 0.228 e. The van der Waals surface area contributed by atoms with E-state index in [2.05, 4.69) is 26.3 Å². The molecule has 1 saturated heterocycles. The van der Waals surface area contributed by atoms with Crippen molar-refractivity contribution in [3.63, 3.8) is 0 Å². The number of hydrogen-bond donors (Lipinski definition) is 2. The van der Waals surface area contributed by atoms with Crippen molar-refractivity contribution in [1.29, 1.82) is 0 Å². The summed E-state index contributed by atoms with van der Waals surface area (Å²) in [6, 6.07) is 13.9. The number of nitrogens with one attached hydrogen (secondary N) is 1. The molecule has 0 aliphatic carbocycles. The standard InChI is InChI=1S/C23H23N7O/c1-15-10-21(24)26-14-18(15)20-12-22(29-23(28-20)30-6-8-31-9-7-30)27-17-11-16-4-2-3-5-19(16)25-13-17/h2-5,10-14H,6-9H2,1H3,(H2,24,26)(H,27,28,29). The number of aromatic nitrogens is 4. The molecule has 4 heterocycles. The predicted molar refractivity (Wildman–Crippen MR) is 122 cm³/mol. The summed E-state index contributed by atoms with van der Waals surface area (Å²) in [5.41, 5.74) is 10.4. The highest BCUT2D eigenvalue weighted by Gasteiger charge is 2.17. The Morgan fingerprint density at radius 2 is 1.84 bits per heavy atom. The number of nitrogens with zero attached hydrogens (tertiary/aromatic N) is 5. The number of morpholine rings is 1. The third kappa shape index (κ3) is 4.10. The van der Waals surface area contributed by atoms with Crippen LogP contribution in [-0.4, -0.2) is 46.2 Å². The molecule has 0 unspecified atom stereocenters. The number of hydrogen-bond acceptors (Lipinski definition) is 8. The van der Waals surface area contributed by atoms with Gasteiger partial charge in [0, 0.05) is 36.3 Å². The smallest absolute Gasteiger partial charge is 0.228 e. The number of para-hydroxylation sites is 1. The molecule has 1 fully saturated rings. The van der Waals surface area contributed by atoms with Crippen molar-refractivity contribution in [3.05, 3.63) is 60.4 Å². The zero-order chi connectivity index (χ0) is 21.2. The predicted octanol–water partition coefficient (Wildman–Crippen LogP) is 3.56. The summed E-state index contributed by atoms with van der Waals surface area (Å²) in [5.74, 6) is 1.84. The van der Waals surface area contributed by atoms with Crippen LogP contribution in [-0.2, 0) is 4.74 Å². The van der Waals surface area contributed by atoms with Crippen molar-refractivity contribution in [2.75, 3.05) is 42.3 Å². The second-order valence-electron chi connectivity index (χ2n) is 7.50. The van der Waals surface area contributed by atoms with Gasteiger partial charge in [0.1, 0.15) is 11.6 Å². The van der Waals surface area contributed by atoms with Crippen molar-refractivity contribution in [3.8, 4) is 11.3 Å². The van der Waals surface area contributed by atoms with E-state index in [1.807, 2.05) is 49.5 Å². The second-order valence-corrected chi connectivity index (χ2v) is 7.50. The van der Waals surface area contributed by atoms with Crippen LogP contribution in [0.25, 0.3) is 22.2 Å². The normalized spacial score (nSPS) is 14.0. The molecular formula is C23H23N7O. The van der Waals surface area contributed by atoms with Gasteiger partial charge in [-0.15, -0.1) is 0 Å².